The Labute approximate surface area is 169 Å². The second-order valence-electron chi connectivity index (χ2n) is 6.91. The van der Waals surface area contributed by atoms with Crippen LogP contribution in [-0.4, -0.2) is 51.2 Å². The van der Waals surface area contributed by atoms with Crippen molar-refractivity contribution >= 4 is 11.6 Å². The summed E-state index contributed by atoms with van der Waals surface area (Å²) in [5.41, 5.74) is 3.18. The van der Waals surface area contributed by atoms with Crippen LogP contribution in [-0.2, 0) is 24.8 Å². The maximum atomic E-state index is 5.95. The molecule has 1 aromatic carbocycles. The molecule has 1 saturated heterocycles. The van der Waals surface area contributed by atoms with Crippen molar-refractivity contribution in [1.82, 2.24) is 24.9 Å². The van der Waals surface area contributed by atoms with Crippen molar-refractivity contribution in [2.45, 2.75) is 19.1 Å². The average Bonchev–Trinajstić information content (AvgIpc) is 3.33. The molecule has 8 heteroatoms. The molecule has 0 saturated carbocycles. The van der Waals surface area contributed by atoms with Crippen LogP contribution in [0.1, 0.15) is 23.2 Å². The van der Waals surface area contributed by atoms with Gasteiger partial charge in [0.05, 0.1) is 24.6 Å². The molecule has 3 heterocycles. The van der Waals surface area contributed by atoms with Gasteiger partial charge in [-0.15, -0.1) is 0 Å². The van der Waals surface area contributed by atoms with E-state index in [1.54, 1.807) is 0 Å². The minimum absolute atomic E-state index is 0.0239. The zero-order valence-electron chi connectivity index (χ0n) is 15.8. The fourth-order valence-electron chi connectivity index (χ4n) is 3.29. The second-order valence-corrected chi connectivity index (χ2v) is 7.35. The molecule has 1 N–H and O–H groups in total. The molecular formula is C20H24ClN5O2. The first-order valence-electron chi connectivity index (χ1n) is 9.41. The van der Waals surface area contributed by atoms with Crippen LogP contribution >= 0.6 is 11.6 Å². The molecule has 1 fully saturated rings. The predicted molar refractivity (Wildman–Crippen MR) is 106 cm³/mol. The highest BCUT2D eigenvalue weighted by Gasteiger charge is 2.24. The number of benzene rings is 1. The van der Waals surface area contributed by atoms with Crippen molar-refractivity contribution in [2.24, 2.45) is 7.05 Å². The van der Waals surface area contributed by atoms with Crippen LogP contribution in [0.25, 0.3) is 0 Å². The van der Waals surface area contributed by atoms with E-state index in [0.717, 1.165) is 43.2 Å². The number of aryl methyl sites for hydroxylation is 1. The number of H-pyrrole nitrogens is 1. The monoisotopic (exact) mass is 401 g/mol. The van der Waals surface area contributed by atoms with Crippen molar-refractivity contribution in [3.8, 4) is 5.75 Å². The van der Waals surface area contributed by atoms with Crippen LogP contribution in [0.5, 0.6) is 5.75 Å². The van der Waals surface area contributed by atoms with Crippen LogP contribution in [0.15, 0.2) is 42.6 Å². The van der Waals surface area contributed by atoms with Gasteiger partial charge in [-0.05, 0) is 36.4 Å². The highest BCUT2D eigenvalue weighted by atomic mass is 35.5. The summed E-state index contributed by atoms with van der Waals surface area (Å²) < 4.78 is 13.6. The van der Waals surface area contributed by atoms with Gasteiger partial charge in [0.2, 0.25) is 0 Å². The van der Waals surface area contributed by atoms with E-state index >= 15 is 0 Å². The SMILES string of the molecule is Cn1nccc1CN1CCO[C@H](c2cc(CCOc3ccc(Cl)cc3)[nH]n2)C1. The summed E-state index contributed by atoms with van der Waals surface area (Å²) in [7, 11) is 1.97. The Kier molecular flexibility index (Phi) is 5.95. The van der Waals surface area contributed by atoms with Gasteiger partial charge in [0, 0.05) is 50.0 Å². The number of aromatic amines is 1. The van der Waals surface area contributed by atoms with Gasteiger partial charge in [0.1, 0.15) is 11.9 Å². The average molecular weight is 402 g/mol. The third-order valence-corrected chi connectivity index (χ3v) is 5.14. The fourth-order valence-corrected chi connectivity index (χ4v) is 3.42. The Morgan fingerprint density at radius 1 is 1.29 bits per heavy atom. The van der Waals surface area contributed by atoms with E-state index in [2.05, 4.69) is 32.3 Å². The maximum Gasteiger partial charge on any atom is 0.119 e. The highest BCUT2D eigenvalue weighted by Crippen LogP contribution is 2.22. The summed E-state index contributed by atoms with van der Waals surface area (Å²) in [6.45, 7) is 3.86. The van der Waals surface area contributed by atoms with E-state index < -0.39 is 0 Å². The molecular weight excluding hydrogens is 378 g/mol. The van der Waals surface area contributed by atoms with Gasteiger partial charge in [0.15, 0.2) is 0 Å². The zero-order valence-corrected chi connectivity index (χ0v) is 16.6. The largest absolute Gasteiger partial charge is 0.493 e. The van der Waals surface area contributed by atoms with Crippen molar-refractivity contribution in [2.75, 3.05) is 26.3 Å². The van der Waals surface area contributed by atoms with Gasteiger partial charge in [-0.1, -0.05) is 11.6 Å². The lowest BCUT2D eigenvalue weighted by Crippen LogP contribution is -2.38. The molecule has 0 unspecified atom stereocenters. The van der Waals surface area contributed by atoms with Crippen LogP contribution in [0.4, 0.5) is 0 Å². The summed E-state index contributed by atoms with van der Waals surface area (Å²) >= 11 is 5.89. The van der Waals surface area contributed by atoms with Gasteiger partial charge in [-0.25, -0.2) is 0 Å². The first-order valence-corrected chi connectivity index (χ1v) is 9.78. The van der Waals surface area contributed by atoms with E-state index in [-0.39, 0.29) is 6.10 Å². The molecule has 0 bridgehead atoms. The molecule has 4 rings (SSSR count). The lowest BCUT2D eigenvalue weighted by atomic mass is 10.2. The number of nitrogens with zero attached hydrogens (tertiary/aromatic N) is 4. The highest BCUT2D eigenvalue weighted by molar-refractivity contribution is 6.30. The third-order valence-electron chi connectivity index (χ3n) is 4.89. The van der Waals surface area contributed by atoms with Crippen LogP contribution in [0, 0.1) is 0 Å². The van der Waals surface area contributed by atoms with E-state index in [9.17, 15) is 0 Å². The van der Waals surface area contributed by atoms with Crippen LogP contribution in [0.2, 0.25) is 5.02 Å². The van der Waals surface area contributed by atoms with E-state index in [4.69, 9.17) is 21.1 Å². The molecule has 0 aliphatic carbocycles. The number of ether oxygens (including phenoxy) is 2. The smallest absolute Gasteiger partial charge is 0.119 e. The van der Waals surface area contributed by atoms with E-state index in [1.807, 2.05) is 42.2 Å². The standard InChI is InChI=1S/C20H24ClN5O2/c1-25-17(6-8-22-25)13-26-9-11-28-20(14-26)19-12-16(23-24-19)7-10-27-18-4-2-15(21)3-5-18/h2-6,8,12,20H,7,9-11,13-14H2,1H3,(H,23,24)/t20-/m0/s1. The zero-order chi connectivity index (χ0) is 19.3. The number of rotatable bonds is 7. The Morgan fingerprint density at radius 3 is 2.93 bits per heavy atom. The molecule has 1 aliphatic rings. The number of nitrogens with one attached hydrogen (secondary N) is 1. The van der Waals surface area contributed by atoms with Crippen molar-refractivity contribution in [3.05, 3.63) is 64.7 Å². The Balaban J connectivity index is 1.29. The Bertz CT molecular complexity index is 892. The minimum atomic E-state index is -0.0239. The second kappa shape index (κ2) is 8.77. The lowest BCUT2D eigenvalue weighted by Gasteiger charge is -2.31. The molecule has 3 aromatic rings. The third kappa shape index (κ3) is 4.73. The summed E-state index contributed by atoms with van der Waals surface area (Å²) in [4.78, 5) is 2.38. The number of hydrogen-bond acceptors (Lipinski definition) is 5. The van der Waals surface area contributed by atoms with Gasteiger partial charge in [-0.3, -0.25) is 14.7 Å². The predicted octanol–water partition coefficient (Wildman–Crippen LogP) is 2.99. The molecule has 7 nitrogen and oxygen atoms in total. The van der Waals surface area contributed by atoms with Crippen molar-refractivity contribution < 1.29 is 9.47 Å². The summed E-state index contributed by atoms with van der Waals surface area (Å²) in [5.74, 6) is 0.811. The van der Waals surface area contributed by atoms with Gasteiger partial charge >= 0.3 is 0 Å². The molecule has 2 aromatic heterocycles. The Hall–Kier alpha value is -2.35. The number of halogens is 1. The first kappa shape index (κ1) is 19.0. The topological polar surface area (TPSA) is 68.2 Å². The van der Waals surface area contributed by atoms with Crippen molar-refractivity contribution in [1.29, 1.82) is 0 Å². The molecule has 148 valence electrons. The Morgan fingerprint density at radius 2 is 2.14 bits per heavy atom. The molecule has 0 spiro atoms. The fraction of sp³-hybridized carbons (Fsp3) is 0.400. The molecule has 28 heavy (non-hydrogen) atoms. The normalized spacial score (nSPS) is 17.7. The van der Waals surface area contributed by atoms with Crippen LogP contribution in [0.3, 0.4) is 0 Å². The number of aromatic nitrogens is 4. The van der Waals surface area contributed by atoms with Gasteiger partial charge in [-0.2, -0.15) is 10.2 Å². The number of hydrogen-bond donors (Lipinski definition) is 1. The lowest BCUT2D eigenvalue weighted by molar-refractivity contribution is -0.0356. The molecule has 0 radical (unpaired) electrons. The number of morpholine rings is 1. The van der Waals surface area contributed by atoms with E-state index in [0.29, 0.717) is 18.2 Å². The maximum absolute atomic E-state index is 5.95. The van der Waals surface area contributed by atoms with Gasteiger partial charge in [0.25, 0.3) is 0 Å². The molecule has 1 atom stereocenters. The first-order chi connectivity index (χ1) is 13.7. The van der Waals surface area contributed by atoms with Crippen LogP contribution < -0.4 is 4.74 Å². The quantitative estimate of drug-likeness (QED) is 0.659. The van der Waals surface area contributed by atoms with Crippen molar-refractivity contribution in [3.63, 3.8) is 0 Å². The minimum Gasteiger partial charge on any atom is -0.493 e. The van der Waals surface area contributed by atoms with E-state index in [1.165, 1.54) is 5.69 Å². The van der Waals surface area contributed by atoms with Gasteiger partial charge < -0.3 is 9.47 Å². The molecule has 1 aliphatic heterocycles. The summed E-state index contributed by atoms with van der Waals surface area (Å²) in [5, 5.41) is 12.5. The summed E-state index contributed by atoms with van der Waals surface area (Å²) in [6.07, 6.45) is 2.56. The molecule has 0 amide bonds. The summed E-state index contributed by atoms with van der Waals surface area (Å²) in [6, 6.07) is 11.5.